The molecule has 2 fully saturated rings. The molecule has 2 atom stereocenters. The highest BCUT2D eigenvalue weighted by atomic mass is 35.5. The third-order valence-corrected chi connectivity index (χ3v) is 6.26. The maximum absolute atomic E-state index is 12.6. The van der Waals surface area contributed by atoms with Crippen molar-refractivity contribution in [2.24, 2.45) is 11.8 Å². The van der Waals surface area contributed by atoms with Crippen LogP contribution in [-0.4, -0.2) is 53.2 Å². The number of carbonyl (C=O) groups is 1. The van der Waals surface area contributed by atoms with Crippen LogP contribution in [0.3, 0.4) is 0 Å². The molecule has 8 nitrogen and oxygen atoms in total. The second kappa shape index (κ2) is 10.3. The highest BCUT2D eigenvalue weighted by molar-refractivity contribution is 6.33. The maximum Gasteiger partial charge on any atom is 0.229 e. The molecule has 0 spiro atoms. The van der Waals surface area contributed by atoms with Crippen LogP contribution >= 0.6 is 11.6 Å². The highest BCUT2D eigenvalue weighted by Gasteiger charge is 2.24. The van der Waals surface area contributed by atoms with E-state index in [0.29, 0.717) is 46.4 Å². The molecule has 2 aromatic rings. The molecule has 2 saturated heterocycles. The number of amides is 1. The summed E-state index contributed by atoms with van der Waals surface area (Å²) < 4.78 is 5.41. The van der Waals surface area contributed by atoms with E-state index in [1.54, 1.807) is 18.5 Å². The Kier molecular flexibility index (Phi) is 7.32. The fourth-order valence-corrected chi connectivity index (χ4v) is 4.13. The molecule has 31 heavy (non-hydrogen) atoms. The lowest BCUT2D eigenvalue weighted by Crippen LogP contribution is -2.41. The lowest BCUT2D eigenvalue weighted by atomic mass is 9.95. The molecule has 2 aliphatic rings. The SMILES string of the molecule is C[C@H]1CC[C@@H](C(=O)Nc2cc(-c3cncc(NCC4CCOCC4)n3)c(Cl)cn2)CN1. The number of nitrogens with zero attached hydrogens (tertiary/aromatic N) is 3. The zero-order chi connectivity index (χ0) is 21.6. The number of hydrogen-bond acceptors (Lipinski definition) is 7. The van der Waals surface area contributed by atoms with Crippen LogP contribution in [0, 0.1) is 11.8 Å². The van der Waals surface area contributed by atoms with Gasteiger partial charge in [0.1, 0.15) is 11.6 Å². The number of piperidine rings is 1. The van der Waals surface area contributed by atoms with Gasteiger partial charge in [0, 0.05) is 44.1 Å². The molecule has 2 aliphatic heterocycles. The first kappa shape index (κ1) is 21.9. The van der Waals surface area contributed by atoms with Crippen LogP contribution in [0.2, 0.25) is 5.02 Å². The Morgan fingerprint density at radius 2 is 2.03 bits per heavy atom. The Bertz CT molecular complexity index is 897. The molecular weight excluding hydrogens is 416 g/mol. The van der Waals surface area contributed by atoms with Crippen LogP contribution in [0.1, 0.15) is 32.6 Å². The lowest BCUT2D eigenvalue weighted by molar-refractivity contribution is -0.120. The van der Waals surface area contributed by atoms with E-state index in [2.05, 4.69) is 37.8 Å². The number of halogens is 1. The van der Waals surface area contributed by atoms with E-state index in [-0.39, 0.29) is 11.8 Å². The minimum atomic E-state index is -0.0605. The molecule has 3 N–H and O–H groups in total. The summed E-state index contributed by atoms with van der Waals surface area (Å²) in [6.07, 6.45) is 8.87. The molecule has 1 amide bonds. The summed E-state index contributed by atoms with van der Waals surface area (Å²) in [6.45, 7) is 5.28. The van der Waals surface area contributed by atoms with Crippen molar-refractivity contribution >= 4 is 29.1 Å². The van der Waals surface area contributed by atoms with Crippen LogP contribution in [0.4, 0.5) is 11.6 Å². The van der Waals surface area contributed by atoms with Gasteiger partial charge in [0.15, 0.2) is 0 Å². The molecule has 166 valence electrons. The second-order valence-electron chi connectivity index (χ2n) is 8.35. The molecule has 0 bridgehead atoms. The first-order valence-corrected chi connectivity index (χ1v) is 11.3. The van der Waals surface area contributed by atoms with Crippen molar-refractivity contribution in [2.45, 2.75) is 38.6 Å². The molecule has 0 aromatic carbocycles. The van der Waals surface area contributed by atoms with Crippen molar-refractivity contribution in [3.8, 4) is 11.3 Å². The Hall–Kier alpha value is -2.29. The number of anilines is 2. The van der Waals surface area contributed by atoms with Crippen LogP contribution in [0.25, 0.3) is 11.3 Å². The average molecular weight is 445 g/mol. The quantitative estimate of drug-likeness (QED) is 0.627. The number of nitrogens with one attached hydrogen (secondary N) is 3. The van der Waals surface area contributed by atoms with Gasteiger partial charge in [0.25, 0.3) is 0 Å². The van der Waals surface area contributed by atoms with Crippen LogP contribution in [0.15, 0.2) is 24.7 Å². The molecule has 0 saturated carbocycles. The van der Waals surface area contributed by atoms with Gasteiger partial charge < -0.3 is 20.7 Å². The smallest absolute Gasteiger partial charge is 0.229 e. The van der Waals surface area contributed by atoms with Crippen LogP contribution in [0.5, 0.6) is 0 Å². The molecule has 4 heterocycles. The van der Waals surface area contributed by atoms with E-state index >= 15 is 0 Å². The molecule has 9 heteroatoms. The number of pyridine rings is 1. The Morgan fingerprint density at radius 1 is 1.19 bits per heavy atom. The Labute approximate surface area is 187 Å². The van der Waals surface area contributed by atoms with E-state index < -0.39 is 0 Å². The maximum atomic E-state index is 12.6. The number of rotatable bonds is 6. The van der Waals surface area contributed by atoms with Gasteiger partial charge in [-0.25, -0.2) is 9.97 Å². The van der Waals surface area contributed by atoms with Crippen molar-refractivity contribution in [3.63, 3.8) is 0 Å². The number of ether oxygens (including phenoxy) is 1. The summed E-state index contributed by atoms with van der Waals surface area (Å²) in [5.74, 6) is 1.64. The van der Waals surface area contributed by atoms with E-state index in [1.165, 1.54) is 6.20 Å². The van der Waals surface area contributed by atoms with E-state index in [9.17, 15) is 4.79 Å². The minimum absolute atomic E-state index is 0.0295. The van der Waals surface area contributed by atoms with Crippen molar-refractivity contribution in [1.29, 1.82) is 0 Å². The highest BCUT2D eigenvalue weighted by Crippen LogP contribution is 2.29. The molecule has 4 rings (SSSR count). The number of hydrogen-bond donors (Lipinski definition) is 3. The summed E-state index contributed by atoms with van der Waals surface area (Å²) in [7, 11) is 0. The van der Waals surface area contributed by atoms with Gasteiger partial charge in [-0.2, -0.15) is 0 Å². The van der Waals surface area contributed by atoms with Gasteiger partial charge >= 0.3 is 0 Å². The largest absolute Gasteiger partial charge is 0.381 e. The topological polar surface area (TPSA) is 101 Å². The molecular formula is C22H29ClN6O2. The van der Waals surface area contributed by atoms with Crippen molar-refractivity contribution in [2.75, 3.05) is 36.9 Å². The first-order valence-electron chi connectivity index (χ1n) is 10.9. The van der Waals surface area contributed by atoms with E-state index in [0.717, 1.165) is 45.4 Å². The standard InChI is InChI=1S/C22H29ClN6O2/c1-14-2-3-16(10-25-14)22(30)29-20-8-17(18(23)11-27-20)19-12-24-13-21(28-19)26-9-15-4-6-31-7-5-15/h8,11-16,25H,2-7,9-10H2,1H3,(H,26,28)(H,27,29,30)/t14-,16+/m0/s1. The van der Waals surface area contributed by atoms with Crippen molar-refractivity contribution in [3.05, 3.63) is 29.7 Å². The fourth-order valence-electron chi connectivity index (χ4n) is 3.93. The normalized spacial score (nSPS) is 22.1. The van der Waals surface area contributed by atoms with Crippen LogP contribution in [-0.2, 0) is 9.53 Å². The minimum Gasteiger partial charge on any atom is -0.381 e. The average Bonchev–Trinajstić information content (AvgIpc) is 2.80. The predicted molar refractivity (Wildman–Crippen MR) is 121 cm³/mol. The fraction of sp³-hybridized carbons (Fsp3) is 0.545. The Balaban J connectivity index is 1.43. The lowest BCUT2D eigenvalue weighted by Gasteiger charge is -2.26. The molecule has 2 aromatic heterocycles. The summed E-state index contributed by atoms with van der Waals surface area (Å²) in [4.78, 5) is 25.9. The summed E-state index contributed by atoms with van der Waals surface area (Å²) in [5, 5.41) is 10.1. The van der Waals surface area contributed by atoms with Gasteiger partial charge in [-0.1, -0.05) is 11.6 Å². The van der Waals surface area contributed by atoms with Gasteiger partial charge in [-0.05, 0) is 44.6 Å². The zero-order valence-corrected chi connectivity index (χ0v) is 18.5. The van der Waals surface area contributed by atoms with Crippen molar-refractivity contribution < 1.29 is 9.53 Å². The van der Waals surface area contributed by atoms with Gasteiger partial charge in [0.05, 0.1) is 29.0 Å². The molecule has 0 aliphatic carbocycles. The Morgan fingerprint density at radius 3 is 2.81 bits per heavy atom. The molecule has 0 unspecified atom stereocenters. The van der Waals surface area contributed by atoms with Gasteiger partial charge in [-0.15, -0.1) is 0 Å². The third-order valence-electron chi connectivity index (χ3n) is 5.96. The third kappa shape index (κ3) is 5.90. The predicted octanol–water partition coefficient (Wildman–Crippen LogP) is 3.36. The number of carbonyl (C=O) groups excluding carboxylic acids is 1. The van der Waals surface area contributed by atoms with Crippen molar-refractivity contribution in [1.82, 2.24) is 20.3 Å². The zero-order valence-electron chi connectivity index (χ0n) is 17.7. The van der Waals surface area contributed by atoms with E-state index in [1.807, 2.05) is 0 Å². The van der Waals surface area contributed by atoms with Gasteiger partial charge in [0.2, 0.25) is 5.91 Å². The monoisotopic (exact) mass is 444 g/mol. The van der Waals surface area contributed by atoms with Crippen LogP contribution < -0.4 is 16.0 Å². The molecule has 0 radical (unpaired) electrons. The summed E-state index contributed by atoms with van der Waals surface area (Å²) in [6, 6.07) is 2.21. The van der Waals surface area contributed by atoms with E-state index in [4.69, 9.17) is 16.3 Å². The summed E-state index contributed by atoms with van der Waals surface area (Å²) >= 11 is 6.40. The van der Waals surface area contributed by atoms with Gasteiger partial charge in [-0.3, -0.25) is 9.78 Å². The first-order chi connectivity index (χ1) is 15.1. The summed E-state index contributed by atoms with van der Waals surface area (Å²) in [5.41, 5.74) is 1.32. The number of aromatic nitrogens is 3. The second-order valence-corrected chi connectivity index (χ2v) is 8.76.